The normalized spacial score (nSPS) is 14.3. The molecular formula is C17H24N2O3. The number of hydrogen-bond acceptors (Lipinski definition) is 3. The molecule has 0 aromatic heterocycles. The topological polar surface area (TPSA) is 67.4 Å². The Kier molecular flexibility index (Phi) is 5.06. The van der Waals surface area contributed by atoms with E-state index in [1.54, 1.807) is 12.1 Å². The number of ether oxygens (including phenoxy) is 1. The van der Waals surface area contributed by atoms with Gasteiger partial charge in [-0.2, -0.15) is 0 Å². The van der Waals surface area contributed by atoms with Gasteiger partial charge in [-0.15, -0.1) is 0 Å². The van der Waals surface area contributed by atoms with Crippen LogP contribution in [-0.2, 0) is 11.3 Å². The van der Waals surface area contributed by atoms with Crippen LogP contribution < -0.4 is 10.6 Å². The van der Waals surface area contributed by atoms with Crippen LogP contribution in [0.25, 0.3) is 0 Å². The largest absolute Gasteiger partial charge is 0.444 e. The van der Waals surface area contributed by atoms with E-state index in [1.807, 2.05) is 32.9 Å². The summed E-state index contributed by atoms with van der Waals surface area (Å²) < 4.78 is 5.17. The van der Waals surface area contributed by atoms with Crippen molar-refractivity contribution < 1.29 is 14.3 Å². The van der Waals surface area contributed by atoms with Crippen molar-refractivity contribution >= 4 is 12.0 Å². The smallest absolute Gasteiger partial charge is 0.407 e. The van der Waals surface area contributed by atoms with Gasteiger partial charge in [0.15, 0.2) is 0 Å². The highest BCUT2D eigenvalue weighted by molar-refractivity contribution is 5.94. The molecule has 1 aromatic carbocycles. The van der Waals surface area contributed by atoms with Crippen molar-refractivity contribution in [1.82, 2.24) is 10.6 Å². The molecule has 0 aliphatic heterocycles. The highest BCUT2D eigenvalue weighted by Gasteiger charge is 2.21. The summed E-state index contributed by atoms with van der Waals surface area (Å²) >= 11 is 0. The number of carbonyl (C=O) groups is 2. The molecule has 120 valence electrons. The zero-order valence-corrected chi connectivity index (χ0v) is 13.4. The molecule has 1 saturated carbocycles. The maximum Gasteiger partial charge on any atom is 0.407 e. The summed E-state index contributed by atoms with van der Waals surface area (Å²) in [6, 6.07) is 7.22. The first-order valence-corrected chi connectivity index (χ1v) is 7.67. The Labute approximate surface area is 131 Å². The average molecular weight is 304 g/mol. The van der Waals surface area contributed by atoms with E-state index in [-0.39, 0.29) is 5.91 Å². The summed E-state index contributed by atoms with van der Waals surface area (Å²) in [7, 11) is 0. The minimum Gasteiger partial charge on any atom is -0.444 e. The minimum absolute atomic E-state index is 0.0430. The summed E-state index contributed by atoms with van der Waals surface area (Å²) in [5.74, 6) is 0.625. The second-order valence-electron chi connectivity index (χ2n) is 6.71. The van der Waals surface area contributed by atoms with Crippen molar-refractivity contribution in [3.63, 3.8) is 0 Å². The molecule has 0 radical (unpaired) electrons. The third-order valence-electron chi connectivity index (χ3n) is 3.30. The fraction of sp³-hybridized carbons (Fsp3) is 0.529. The quantitative estimate of drug-likeness (QED) is 0.879. The second-order valence-corrected chi connectivity index (χ2v) is 6.71. The van der Waals surface area contributed by atoms with Crippen LogP contribution in [-0.4, -0.2) is 24.1 Å². The van der Waals surface area contributed by atoms with Crippen molar-refractivity contribution in [3.05, 3.63) is 35.4 Å². The second kappa shape index (κ2) is 6.81. The summed E-state index contributed by atoms with van der Waals surface area (Å²) in [5.41, 5.74) is 1.05. The summed E-state index contributed by atoms with van der Waals surface area (Å²) in [4.78, 5) is 23.5. The molecule has 0 atom stereocenters. The van der Waals surface area contributed by atoms with E-state index < -0.39 is 11.7 Å². The Balaban J connectivity index is 1.78. The Morgan fingerprint density at radius 3 is 2.32 bits per heavy atom. The first-order chi connectivity index (χ1) is 10.3. The molecule has 2 amide bonds. The van der Waals surface area contributed by atoms with Gasteiger partial charge in [-0.25, -0.2) is 4.79 Å². The van der Waals surface area contributed by atoms with Gasteiger partial charge in [0, 0.05) is 18.7 Å². The maximum atomic E-state index is 11.9. The fourth-order valence-electron chi connectivity index (χ4n) is 1.92. The van der Waals surface area contributed by atoms with Gasteiger partial charge in [0.1, 0.15) is 5.60 Å². The zero-order chi connectivity index (χ0) is 16.2. The van der Waals surface area contributed by atoms with E-state index in [2.05, 4.69) is 10.6 Å². The monoisotopic (exact) mass is 304 g/mol. The first-order valence-electron chi connectivity index (χ1n) is 7.67. The predicted octanol–water partition coefficient (Wildman–Crippen LogP) is 2.85. The number of benzene rings is 1. The van der Waals surface area contributed by atoms with Crippen molar-refractivity contribution in [2.45, 2.75) is 45.8 Å². The molecule has 0 spiro atoms. The number of amides is 2. The zero-order valence-electron chi connectivity index (χ0n) is 13.4. The summed E-state index contributed by atoms with van der Waals surface area (Å²) in [5, 5.41) is 5.62. The number of hydrogen-bond donors (Lipinski definition) is 2. The molecule has 1 aliphatic carbocycles. The van der Waals surface area contributed by atoms with E-state index in [1.165, 1.54) is 12.8 Å². The molecule has 0 bridgehead atoms. The van der Waals surface area contributed by atoms with Crippen LogP contribution in [0.1, 0.15) is 49.5 Å². The van der Waals surface area contributed by atoms with Gasteiger partial charge in [-0.05, 0) is 57.2 Å². The van der Waals surface area contributed by atoms with Crippen LogP contribution in [0, 0.1) is 5.92 Å². The Morgan fingerprint density at radius 1 is 1.14 bits per heavy atom. The van der Waals surface area contributed by atoms with Crippen molar-refractivity contribution in [3.8, 4) is 0 Å². The lowest BCUT2D eigenvalue weighted by Crippen LogP contribution is -2.32. The lowest BCUT2D eigenvalue weighted by Gasteiger charge is -2.19. The third-order valence-corrected chi connectivity index (χ3v) is 3.30. The van der Waals surface area contributed by atoms with E-state index in [4.69, 9.17) is 4.74 Å². The highest BCUT2D eigenvalue weighted by atomic mass is 16.6. The first kappa shape index (κ1) is 16.3. The predicted molar refractivity (Wildman–Crippen MR) is 84.6 cm³/mol. The Bertz CT molecular complexity index is 528. The SMILES string of the molecule is CC(C)(C)OC(=O)NCc1ccc(C(=O)NCC2CC2)cc1. The molecule has 1 aromatic rings. The molecular weight excluding hydrogens is 280 g/mol. The van der Waals surface area contributed by atoms with Crippen molar-refractivity contribution in [2.75, 3.05) is 6.54 Å². The van der Waals surface area contributed by atoms with Crippen LogP contribution in [0.3, 0.4) is 0 Å². The van der Waals surface area contributed by atoms with E-state index in [9.17, 15) is 9.59 Å². The molecule has 1 aliphatic rings. The molecule has 0 unspecified atom stereocenters. The van der Waals surface area contributed by atoms with Gasteiger partial charge in [0.05, 0.1) is 0 Å². The number of nitrogens with one attached hydrogen (secondary N) is 2. The molecule has 0 saturated heterocycles. The maximum absolute atomic E-state index is 11.9. The van der Waals surface area contributed by atoms with Crippen molar-refractivity contribution in [2.24, 2.45) is 5.92 Å². The van der Waals surface area contributed by atoms with Crippen LogP contribution in [0.2, 0.25) is 0 Å². The molecule has 2 N–H and O–H groups in total. The van der Waals surface area contributed by atoms with Crippen LogP contribution in [0.5, 0.6) is 0 Å². The van der Waals surface area contributed by atoms with Crippen LogP contribution in [0.4, 0.5) is 4.79 Å². The number of alkyl carbamates (subject to hydrolysis) is 1. The van der Waals surface area contributed by atoms with E-state index in [0.29, 0.717) is 18.0 Å². The van der Waals surface area contributed by atoms with E-state index in [0.717, 1.165) is 12.1 Å². The Morgan fingerprint density at radius 2 is 1.77 bits per heavy atom. The lowest BCUT2D eigenvalue weighted by molar-refractivity contribution is 0.0523. The fourth-order valence-corrected chi connectivity index (χ4v) is 1.92. The standard InChI is InChI=1S/C17H24N2O3/c1-17(2,3)22-16(21)19-11-13-6-8-14(9-7-13)15(20)18-10-12-4-5-12/h6-9,12H,4-5,10-11H2,1-3H3,(H,18,20)(H,19,21). The average Bonchev–Trinajstić information content (AvgIpc) is 3.25. The highest BCUT2D eigenvalue weighted by Crippen LogP contribution is 2.27. The summed E-state index contributed by atoms with van der Waals surface area (Å²) in [6.45, 7) is 6.60. The van der Waals surface area contributed by atoms with Crippen LogP contribution in [0.15, 0.2) is 24.3 Å². The lowest BCUT2D eigenvalue weighted by atomic mass is 10.1. The van der Waals surface area contributed by atoms with Gasteiger partial charge < -0.3 is 15.4 Å². The third kappa shape index (κ3) is 5.76. The minimum atomic E-state index is -0.506. The van der Waals surface area contributed by atoms with Gasteiger partial charge in [-0.3, -0.25) is 4.79 Å². The molecule has 5 heteroatoms. The summed E-state index contributed by atoms with van der Waals surface area (Å²) in [6.07, 6.45) is 1.99. The van der Waals surface area contributed by atoms with Gasteiger partial charge in [-0.1, -0.05) is 12.1 Å². The van der Waals surface area contributed by atoms with Crippen LogP contribution >= 0.6 is 0 Å². The molecule has 1 fully saturated rings. The van der Waals surface area contributed by atoms with Gasteiger partial charge >= 0.3 is 6.09 Å². The molecule has 22 heavy (non-hydrogen) atoms. The molecule has 5 nitrogen and oxygen atoms in total. The van der Waals surface area contributed by atoms with Crippen molar-refractivity contribution in [1.29, 1.82) is 0 Å². The number of rotatable bonds is 5. The van der Waals surface area contributed by atoms with E-state index >= 15 is 0 Å². The number of carbonyl (C=O) groups excluding carboxylic acids is 2. The molecule has 0 heterocycles. The van der Waals surface area contributed by atoms with Gasteiger partial charge in [0.2, 0.25) is 0 Å². The Hall–Kier alpha value is -2.04. The molecule has 2 rings (SSSR count). The van der Waals surface area contributed by atoms with Gasteiger partial charge in [0.25, 0.3) is 5.91 Å².